The Balaban J connectivity index is 1.29. The lowest BCUT2D eigenvalue weighted by Crippen LogP contribution is -2.20. The number of amides is 1. The van der Waals surface area contributed by atoms with Gasteiger partial charge in [-0.3, -0.25) is 14.4 Å². The fraction of sp³-hybridized carbons (Fsp3) is 0.200. The van der Waals surface area contributed by atoms with Gasteiger partial charge in [-0.25, -0.2) is 4.98 Å². The molecule has 3 aromatic rings. The van der Waals surface area contributed by atoms with Crippen molar-refractivity contribution in [3.05, 3.63) is 53.6 Å². The summed E-state index contributed by atoms with van der Waals surface area (Å²) in [4.78, 5) is 39.9. The number of esters is 1. The Labute approximate surface area is 164 Å². The van der Waals surface area contributed by atoms with Crippen LogP contribution in [0.25, 0.3) is 11.1 Å². The number of para-hydroxylation sites is 2. The van der Waals surface area contributed by atoms with E-state index >= 15 is 0 Å². The van der Waals surface area contributed by atoms with Gasteiger partial charge >= 0.3 is 5.97 Å². The van der Waals surface area contributed by atoms with Crippen molar-refractivity contribution in [2.45, 2.75) is 18.1 Å². The van der Waals surface area contributed by atoms with Gasteiger partial charge in [0.05, 0.1) is 0 Å². The first kappa shape index (κ1) is 18.2. The van der Waals surface area contributed by atoms with Gasteiger partial charge in [-0.15, -0.1) is 0 Å². The molecule has 0 unspecified atom stereocenters. The van der Waals surface area contributed by atoms with Gasteiger partial charge in [-0.2, -0.15) is 0 Å². The number of nitrogens with zero attached hydrogens (tertiary/aromatic N) is 1. The van der Waals surface area contributed by atoms with E-state index in [1.54, 1.807) is 24.3 Å². The molecule has 1 N–H and O–H groups in total. The number of carbonyl (C=O) groups is 3. The van der Waals surface area contributed by atoms with E-state index < -0.39 is 5.97 Å². The predicted octanol–water partition coefficient (Wildman–Crippen LogP) is 3.23. The number of hydrogen-bond donors (Lipinski definition) is 1. The minimum atomic E-state index is -0.522. The van der Waals surface area contributed by atoms with Crippen molar-refractivity contribution in [1.29, 1.82) is 0 Å². The lowest BCUT2D eigenvalue weighted by Gasteiger charge is -2.17. The molecule has 0 atom stereocenters. The lowest BCUT2D eigenvalue weighted by molar-refractivity contribution is -0.139. The number of Topliss-reactive ketones (excluding diaryl/α,β-unsaturated/α-hetero) is 1. The Bertz CT molecular complexity index is 1040. The number of rotatable bonds is 6. The summed E-state index contributed by atoms with van der Waals surface area (Å²) >= 11 is 1.12. The minimum Gasteiger partial charge on any atom is -0.457 e. The Morgan fingerprint density at radius 2 is 2.04 bits per heavy atom. The first-order chi connectivity index (χ1) is 13.6. The molecule has 2 aromatic carbocycles. The fourth-order valence-electron chi connectivity index (χ4n) is 2.86. The van der Waals surface area contributed by atoms with Gasteiger partial charge < -0.3 is 14.5 Å². The molecule has 0 saturated carbocycles. The highest BCUT2D eigenvalue weighted by molar-refractivity contribution is 7.99. The number of ether oxygens (including phenoxy) is 1. The first-order valence-corrected chi connectivity index (χ1v) is 9.67. The molecule has 1 aliphatic rings. The third-order valence-electron chi connectivity index (χ3n) is 4.27. The van der Waals surface area contributed by atoms with Gasteiger partial charge in [0.2, 0.25) is 5.91 Å². The molecule has 0 spiro atoms. The predicted molar refractivity (Wildman–Crippen MR) is 103 cm³/mol. The normalized spacial score (nSPS) is 13.1. The van der Waals surface area contributed by atoms with Crippen LogP contribution < -0.4 is 5.32 Å². The van der Waals surface area contributed by atoms with Gasteiger partial charge in [-0.05, 0) is 42.3 Å². The highest BCUT2D eigenvalue weighted by Gasteiger charge is 2.18. The quantitative estimate of drug-likeness (QED) is 0.388. The second-order valence-corrected chi connectivity index (χ2v) is 7.17. The molecule has 7 nitrogen and oxygen atoms in total. The van der Waals surface area contributed by atoms with Crippen molar-refractivity contribution < 1.29 is 23.5 Å². The van der Waals surface area contributed by atoms with Crippen LogP contribution >= 0.6 is 11.8 Å². The average Bonchev–Trinajstić information content (AvgIpc) is 3.13. The second kappa shape index (κ2) is 7.85. The number of hydrogen-bond acceptors (Lipinski definition) is 7. The Morgan fingerprint density at radius 1 is 1.18 bits per heavy atom. The van der Waals surface area contributed by atoms with Crippen LogP contribution in [0.1, 0.15) is 22.3 Å². The molecule has 2 heterocycles. The maximum atomic E-state index is 12.3. The summed E-state index contributed by atoms with van der Waals surface area (Å²) in [5.41, 5.74) is 3.45. The molecule has 1 aromatic heterocycles. The minimum absolute atomic E-state index is 0.00365. The van der Waals surface area contributed by atoms with Crippen LogP contribution in [0.5, 0.6) is 0 Å². The Hall–Kier alpha value is -3.13. The summed E-state index contributed by atoms with van der Waals surface area (Å²) in [5.74, 6) is -0.848. The Morgan fingerprint density at radius 3 is 2.89 bits per heavy atom. The van der Waals surface area contributed by atoms with Gasteiger partial charge in [-0.1, -0.05) is 23.9 Å². The molecular formula is C20H16N2O5S. The summed E-state index contributed by atoms with van der Waals surface area (Å²) in [6.45, 7) is -0.335. The number of oxazole rings is 1. The molecule has 0 radical (unpaired) electrons. The fourth-order valence-corrected chi connectivity index (χ4v) is 3.50. The lowest BCUT2D eigenvalue weighted by atomic mass is 9.99. The molecule has 28 heavy (non-hydrogen) atoms. The molecule has 4 rings (SSSR count). The number of ketones is 1. The largest absolute Gasteiger partial charge is 0.457 e. The third kappa shape index (κ3) is 4.07. The molecule has 0 fully saturated rings. The van der Waals surface area contributed by atoms with Crippen molar-refractivity contribution in [3.63, 3.8) is 0 Å². The molecular weight excluding hydrogens is 380 g/mol. The molecule has 0 bridgehead atoms. The summed E-state index contributed by atoms with van der Waals surface area (Å²) in [5, 5.41) is 3.14. The van der Waals surface area contributed by atoms with Crippen LogP contribution in [0.4, 0.5) is 5.69 Å². The van der Waals surface area contributed by atoms with Gasteiger partial charge in [0.1, 0.15) is 11.3 Å². The molecule has 1 aliphatic heterocycles. The van der Waals surface area contributed by atoms with Gasteiger partial charge in [0.15, 0.2) is 18.0 Å². The van der Waals surface area contributed by atoms with Crippen LogP contribution in [-0.2, 0) is 20.7 Å². The van der Waals surface area contributed by atoms with Crippen LogP contribution in [0.15, 0.2) is 52.1 Å². The maximum absolute atomic E-state index is 12.3. The van der Waals surface area contributed by atoms with Gasteiger partial charge in [0, 0.05) is 17.7 Å². The number of aromatic nitrogens is 1. The van der Waals surface area contributed by atoms with Crippen LogP contribution in [0.2, 0.25) is 0 Å². The third-order valence-corrected chi connectivity index (χ3v) is 5.08. The Kier molecular flexibility index (Phi) is 5.12. The number of fused-ring (bicyclic) bond motifs is 2. The van der Waals surface area contributed by atoms with Crippen LogP contribution in [-0.4, -0.2) is 35.0 Å². The SMILES string of the molecule is O=C1CCc2cc(C(=O)COC(=O)CSc3nc4ccccc4o3)ccc2N1. The second-order valence-electron chi connectivity index (χ2n) is 6.24. The average molecular weight is 396 g/mol. The number of anilines is 1. The van der Waals surface area contributed by atoms with E-state index in [1.807, 2.05) is 18.2 Å². The first-order valence-electron chi connectivity index (χ1n) is 8.68. The number of benzene rings is 2. The number of nitrogens with one attached hydrogen (secondary N) is 1. The summed E-state index contributed by atoms with van der Waals surface area (Å²) in [7, 11) is 0. The standard InChI is InChI=1S/C20H16N2O5S/c23-16(13-5-7-14-12(9-13)6-8-18(24)21-14)10-26-19(25)11-28-20-22-15-3-1-2-4-17(15)27-20/h1-5,7,9H,6,8,10-11H2,(H,21,24). The molecule has 1 amide bonds. The topological polar surface area (TPSA) is 98.5 Å². The number of aryl methyl sites for hydroxylation is 1. The highest BCUT2D eigenvalue weighted by Crippen LogP contribution is 2.24. The van der Waals surface area contributed by atoms with E-state index in [1.165, 1.54) is 0 Å². The van der Waals surface area contributed by atoms with E-state index in [4.69, 9.17) is 9.15 Å². The summed E-state index contributed by atoms with van der Waals surface area (Å²) in [6.07, 6.45) is 0.982. The van der Waals surface area contributed by atoms with Crippen molar-refractivity contribution >= 4 is 46.2 Å². The van der Waals surface area contributed by atoms with Crippen LogP contribution in [0.3, 0.4) is 0 Å². The van der Waals surface area contributed by atoms with Crippen molar-refractivity contribution in [1.82, 2.24) is 4.98 Å². The maximum Gasteiger partial charge on any atom is 0.316 e. The molecule has 0 saturated heterocycles. The van der Waals surface area contributed by atoms with E-state index in [-0.39, 0.29) is 24.1 Å². The smallest absolute Gasteiger partial charge is 0.316 e. The van der Waals surface area contributed by atoms with E-state index in [0.29, 0.717) is 29.2 Å². The zero-order chi connectivity index (χ0) is 19.5. The number of thioether (sulfide) groups is 1. The van der Waals surface area contributed by atoms with Crippen molar-refractivity contribution in [3.8, 4) is 0 Å². The van der Waals surface area contributed by atoms with Crippen molar-refractivity contribution in [2.75, 3.05) is 17.7 Å². The van der Waals surface area contributed by atoms with Gasteiger partial charge in [0.25, 0.3) is 5.22 Å². The van der Waals surface area contributed by atoms with E-state index in [9.17, 15) is 14.4 Å². The zero-order valence-corrected chi connectivity index (χ0v) is 15.6. The molecule has 0 aliphatic carbocycles. The van der Waals surface area contributed by atoms with Crippen LogP contribution in [0, 0.1) is 0 Å². The number of carbonyl (C=O) groups excluding carboxylic acids is 3. The monoisotopic (exact) mass is 396 g/mol. The van der Waals surface area contributed by atoms with E-state index in [0.717, 1.165) is 28.5 Å². The summed E-state index contributed by atoms with van der Waals surface area (Å²) < 4.78 is 10.6. The molecule has 8 heteroatoms. The van der Waals surface area contributed by atoms with E-state index in [2.05, 4.69) is 10.3 Å². The molecule has 142 valence electrons. The highest BCUT2D eigenvalue weighted by atomic mass is 32.2. The van der Waals surface area contributed by atoms with Crippen molar-refractivity contribution in [2.24, 2.45) is 0 Å². The summed E-state index contributed by atoms with van der Waals surface area (Å²) in [6, 6.07) is 12.4. The zero-order valence-electron chi connectivity index (χ0n) is 14.8.